The molecule has 1 heterocycles. The van der Waals surface area contributed by atoms with E-state index in [-0.39, 0.29) is 12.5 Å². The highest BCUT2D eigenvalue weighted by molar-refractivity contribution is 9.10. The molecule has 1 aromatic heterocycles. The average molecular weight is 696 g/mol. The Kier molecular flexibility index (Phi) is 10.3. The van der Waals surface area contributed by atoms with Crippen molar-refractivity contribution in [3.05, 3.63) is 122 Å². The van der Waals surface area contributed by atoms with Gasteiger partial charge in [-0.3, -0.25) is 4.79 Å². The molecule has 5 rings (SSSR count). The number of thiazole rings is 1. The average Bonchev–Trinajstić information content (AvgIpc) is 3.47. The number of hydrazone groups is 1. The van der Waals surface area contributed by atoms with Gasteiger partial charge in [-0.1, -0.05) is 53.5 Å². The van der Waals surface area contributed by atoms with Gasteiger partial charge in [0.15, 0.2) is 16.6 Å². The molecule has 0 saturated heterocycles. The Bertz CT molecular complexity index is 1750. The summed E-state index contributed by atoms with van der Waals surface area (Å²) in [5, 5.41) is 11.4. The molecule has 0 spiro atoms. The van der Waals surface area contributed by atoms with Gasteiger partial charge < -0.3 is 14.8 Å². The Hall–Kier alpha value is -3.89. The minimum Gasteiger partial charge on any atom is -0.490 e. The van der Waals surface area contributed by atoms with Gasteiger partial charge in [0.1, 0.15) is 6.61 Å². The third kappa shape index (κ3) is 8.14. The highest BCUT2D eigenvalue weighted by Crippen LogP contribution is 2.37. The van der Waals surface area contributed by atoms with Crippen molar-refractivity contribution in [1.29, 1.82) is 0 Å². The monoisotopic (exact) mass is 694 g/mol. The number of hydrogen-bond acceptors (Lipinski definition) is 7. The first-order valence-electron chi connectivity index (χ1n) is 13.1. The maximum Gasteiger partial charge on any atom is 0.271 e. The lowest BCUT2D eigenvalue weighted by Gasteiger charge is -2.15. The topological polar surface area (TPSA) is 84.8 Å². The van der Waals surface area contributed by atoms with Crippen molar-refractivity contribution in [1.82, 2.24) is 10.4 Å². The number of amides is 1. The number of benzene rings is 4. The maximum absolute atomic E-state index is 12.7. The molecule has 218 valence electrons. The van der Waals surface area contributed by atoms with Gasteiger partial charge in [-0.2, -0.15) is 5.10 Å². The summed E-state index contributed by atoms with van der Waals surface area (Å²) in [5.41, 5.74) is 7.22. The molecular weight excluding hydrogens is 671 g/mol. The number of ether oxygens (including phenoxy) is 2. The van der Waals surface area contributed by atoms with Crippen LogP contribution in [0.25, 0.3) is 11.3 Å². The molecule has 4 aromatic carbocycles. The van der Waals surface area contributed by atoms with Crippen LogP contribution < -0.4 is 20.2 Å². The molecule has 2 N–H and O–H groups in total. The van der Waals surface area contributed by atoms with Crippen LogP contribution in [0.15, 0.2) is 99.9 Å². The molecule has 0 aliphatic heterocycles. The van der Waals surface area contributed by atoms with Crippen molar-refractivity contribution < 1.29 is 14.3 Å². The van der Waals surface area contributed by atoms with Gasteiger partial charge in [-0.15, -0.1) is 11.3 Å². The van der Waals surface area contributed by atoms with Crippen LogP contribution in [0.3, 0.4) is 0 Å². The number of halogens is 3. The van der Waals surface area contributed by atoms with E-state index < -0.39 is 0 Å². The van der Waals surface area contributed by atoms with Crippen molar-refractivity contribution in [3.8, 4) is 22.8 Å². The number of nitrogens with one attached hydrogen (secondary N) is 2. The van der Waals surface area contributed by atoms with E-state index >= 15 is 0 Å². The Morgan fingerprint density at radius 1 is 1.02 bits per heavy atom. The number of nitrogens with zero attached hydrogens (tertiary/aromatic N) is 2. The number of rotatable bonds is 11. The first-order valence-corrected chi connectivity index (χ1v) is 15.6. The van der Waals surface area contributed by atoms with Crippen LogP contribution in [0.2, 0.25) is 10.0 Å². The molecule has 0 aliphatic carbocycles. The van der Waals surface area contributed by atoms with Crippen LogP contribution in [0.4, 0.5) is 10.8 Å². The van der Waals surface area contributed by atoms with Crippen molar-refractivity contribution in [3.63, 3.8) is 0 Å². The molecule has 0 radical (unpaired) electrons. The Labute approximate surface area is 271 Å². The molecule has 0 fully saturated rings. The second-order valence-corrected chi connectivity index (χ2v) is 11.6. The molecule has 0 unspecified atom stereocenters. The zero-order chi connectivity index (χ0) is 30.2. The van der Waals surface area contributed by atoms with E-state index in [1.807, 2.05) is 79.0 Å². The summed E-state index contributed by atoms with van der Waals surface area (Å²) in [6.07, 6.45) is 1.54. The second kappa shape index (κ2) is 14.5. The second-order valence-electron chi connectivity index (χ2n) is 9.09. The van der Waals surface area contributed by atoms with Gasteiger partial charge in [0.05, 0.1) is 23.0 Å². The van der Waals surface area contributed by atoms with E-state index in [1.54, 1.807) is 24.4 Å². The maximum atomic E-state index is 12.7. The number of aromatic nitrogens is 1. The summed E-state index contributed by atoms with van der Waals surface area (Å²) in [6, 6.07) is 25.7. The van der Waals surface area contributed by atoms with Gasteiger partial charge in [-0.05, 0) is 83.0 Å². The van der Waals surface area contributed by atoms with Gasteiger partial charge >= 0.3 is 0 Å². The first-order chi connectivity index (χ1) is 20.9. The Morgan fingerprint density at radius 2 is 1.79 bits per heavy atom. The van der Waals surface area contributed by atoms with Crippen molar-refractivity contribution in [2.45, 2.75) is 13.5 Å². The first kappa shape index (κ1) is 30.6. The molecule has 11 heteroatoms. The predicted molar refractivity (Wildman–Crippen MR) is 178 cm³/mol. The van der Waals surface area contributed by atoms with E-state index in [9.17, 15) is 4.79 Å². The summed E-state index contributed by atoms with van der Waals surface area (Å²) in [7, 11) is 0. The van der Waals surface area contributed by atoms with Gasteiger partial charge in [0.25, 0.3) is 5.91 Å². The van der Waals surface area contributed by atoms with E-state index in [0.717, 1.165) is 27.6 Å². The van der Waals surface area contributed by atoms with E-state index in [4.69, 9.17) is 32.7 Å². The van der Waals surface area contributed by atoms with Gasteiger partial charge in [0.2, 0.25) is 0 Å². The molecule has 43 heavy (non-hydrogen) atoms. The van der Waals surface area contributed by atoms with Crippen LogP contribution in [0.5, 0.6) is 11.5 Å². The molecular formula is C32H25BrCl2N4O3S. The highest BCUT2D eigenvalue weighted by Gasteiger charge is 2.14. The van der Waals surface area contributed by atoms with E-state index in [1.165, 1.54) is 11.3 Å². The Morgan fingerprint density at radius 3 is 2.53 bits per heavy atom. The van der Waals surface area contributed by atoms with E-state index in [0.29, 0.717) is 43.8 Å². The van der Waals surface area contributed by atoms with Crippen molar-refractivity contribution >= 4 is 73.4 Å². The lowest BCUT2D eigenvalue weighted by molar-refractivity contribution is 0.0955. The molecule has 0 bridgehead atoms. The largest absolute Gasteiger partial charge is 0.490 e. The highest BCUT2D eigenvalue weighted by atomic mass is 79.9. The summed E-state index contributed by atoms with van der Waals surface area (Å²) in [6.45, 7) is 2.62. The fraction of sp³-hybridized carbons (Fsp3) is 0.0938. The Balaban J connectivity index is 1.20. The summed E-state index contributed by atoms with van der Waals surface area (Å²) >= 11 is 17.3. The summed E-state index contributed by atoms with van der Waals surface area (Å²) < 4.78 is 12.5. The number of carbonyl (C=O) groups excluding carboxylic acids is 1. The van der Waals surface area contributed by atoms with Crippen LogP contribution >= 0.6 is 50.5 Å². The van der Waals surface area contributed by atoms with Gasteiger partial charge in [-0.25, -0.2) is 10.4 Å². The predicted octanol–water partition coefficient (Wildman–Crippen LogP) is 9.36. The molecule has 0 atom stereocenters. The van der Waals surface area contributed by atoms with E-state index in [2.05, 4.69) is 36.8 Å². The van der Waals surface area contributed by atoms with Crippen LogP contribution in [0, 0.1) is 0 Å². The SMILES string of the molecule is CCOc1cc(/C=N/NC(=O)c2ccc(-c3csc(Nc4ccc(Cl)cc4)n3)cc2)cc(Br)c1OCc1ccccc1Cl. The summed E-state index contributed by atoms with van der Waals surface area (Å²) in [4.78, 5) is 17.4. The van der Waals surface area contributed by atoms with Crippen LogP contribution in [0.1, 0.15) is 28.4 Å². The standard InChI is InChI=1S/C32H25BrCl2N4O3S/c1-2-41-29-16-20(15-26(33)30(29)42-18-23-5-3-4-6-27(23)35)17-36-39-31(40)22-9-7-21(8-10-22)28-19-43-32(38-28)37-25-13-11-24(34)12-14-25/h3-17,19H,2,18H2,1H3,(H,37,38)(H,39,40)/b36-17+. The van der Waals surface area contributed by atoms with Gasteiger partial charge in [0, 0.05) is 37.8 Å². The molecule has 7 nitrogen and oxygen atoms in total. The fourth-order valence-corrected chi connectivity index (χ4v) is 5.60. The third-order valence-corrected chi connectivity index (χ3v) is 8.05. The zero-order valence-corrected chi connectivity index (χ0v) is 26.7. The molecule has 5 aromatic rings. The van der Waals surface area contributed by atoms with Crippen molar-refractivity contribution in [2.24, 2.45) is 5.10 Å². The minimum absolute atomic E-state index is 0.282. The quantitative estimate of drug-likeness (QED) is 0.106. The summed E-state index contributed by atoms with van der Waals surface area (Å²) in [5.74, 6) is 0.756. The molecule has 0 saturated carbocycles. The lowest BCUT2D eigenvalue weighted by atomic mass is 10.1. The van der Waals surface area contributed by atoms with Crippen molar-refractivity contribution in [2.75, 3.05) is 11.9 Å². The normalized spacial score (nSPS) is 11.0. The number of carbonyl (C=O) groups is 1. The van der Waals surface area contributed by atoms with Crippen LogP contribution in [-0.4, -0.2) is 23.7 Å². The lowest BCUT2D eigenvalue weighted by Crippen LogP contribution is -2.17. The molecule has 1 amide bonds. The molecule has 0 aliphatic rings. The number of anilines is 2. The third-order valence-electron chi connectivity index (χ3n) is 6.08. The van der Waals surface area contributed by atoms with Crippen LogP contribution in [-0.2, 0) is 6.61 Å². The minimum atomic E-state index is -0.338. The zero-order valence-electron chi connectivity index (χ0n) is 22.8. The smallest absolute Gasteiger partial charge is 0.271 e. The number of hydrogen-bond donors (Lipinski definition) is 2. The fourth-order valence-electron chi connectivity index (χ4n) is 3.97.